The number of hydrogen-bond acceptors (Lipinski definition) is 3. The molecule has 0 aromatic heterocycles. The molecule has 1 atom stereocenters. The summed E-state index contributed by atoms with van der Waals surface area (Å²) in [4.78, 5) is 0. The molecule has 1 aliphatic carbocycles. The Balaban J connectivity index is 3.15. The van der Waals surface area contributed by atoms with Gasteiger partial charge in [0.15, 0.2) is 0 Å². The van der Waals surface area contributed by atoms with E-state index in [0.717, 1.165) is 12.0 Å². The minimum atomic E-state index is 0.119. The average Bonchev–Trinajstić information content (AvgIpc) is 2.37. The molecule has 0 saturated heterocycles. The van der Waals surface area contributed by atoms with E-state index < -0.39 is 0 Å². The molecule has 0 fully saturated rings. The van der Waals surface area contributed by atoms with Crippen molar-refractivity contribution < 1.29 is 0 Å². The molecule has 14 heavy (non-hydrogen) atoms. The first-order chi connectivity index (χ1) is 6.56. The van der Waals surface area contributed by atoms with Gasteiger partial charge < -0.3 is 5.73 Å². The fourth-order valence-corrected chi connectivity index (χ4v) is 2.16. The standard InChI is InChI=1S/C11H19N3/c1-4-9-8(5-6-12)10(14-13)7-11(9,2)3/h4-6,10,14H,1,7,12-13H2,2-3H3/b6-5-. The third-order valence-corrected chi connectivity index (χ3v) is 2.81. The molecule has 78 valence electrons. The average molecular weight is 193 g/mol. The maximum Gasteiger partial charge on any atom is 0.0471 e. The number of nitrogens with one attached hydrogen (secondary N) is 1. The van der Waals surface area contributed by atoms with Crippen molar-refractivity contribution in [1.82, 2.24) is 5.43 Å². The van der Waals surface area contributed by atoms with E-state index in [4.69, 9.17) is 11.6 Å². The van der Waals surface area contributed by atoms with Crippen LogP contribution in [0.25, 0.3) is 0 Å². The van der Waals surface area contributed by atoms with E-state index in [0.29, 0.717) is 0 Å². The maximum absolute atomic E-state index is 5.50. The lowest BCUT2D eigenvalue weighted by Crippen LogP contribution is -2.35. The van der Waals surface area contributed by atoms with Gasteiger partial charge in [-0.3, -0.25) is 11.3 Å². The summed E-state index contributed by atoms with van der Waals surface area (Å²) in [6.45, 7) is 8.21. The zero-order chi connectivity index (χ0) is 10.8. The molecule has 1 aliphatic rings. The largest absolute Gasteiger partial charge is 0.405 e. The molecule has 0 aliphatic heterocycles. The summed E-state index contributed by atoms with van der Waals surface area (Å²) in [7, 11) is 0. The second-order valence-corrected chi connectivity index (χ2v) is 4.24. The summed E-state index contributed by atoms with van der Waals surface area (Å²) < 4.78 is 0. The van der Waals surface area contributed by atoms with Gasteiger partial charge in [0.05, 0.1) is 0 Å². The quantitative estimate of drug-likeness (QED) is 0.466. The number of hydrazine groups is 1. The van der Waals surface area contributed by atoms with Crippen LogP contribution in [-0.2, 0) is 0 Å². The van der Waals surface area contributed by atoms with Crippen molar-refractivity contribution in [2.75, 3.05) is 0 Å². The fourth-order valence-electron chi connectivity index (χ4n) is 2.16. The monoisotopic (exact) mass is 193 g/mol. The topological polar surface area (TPSA) is 64.1 Å². The Labute approximate surface area is 85.5 Å². The van der Waals surface area contributed by atoms with Gasteiger partial charge in [-0.15, -0.1) is 0 Å². The third kappa shape index (κ3) is 1.74. The fraction of sp³-hybridized carbons (Fsp3) is 0.455. The van der Waals surface area contributed by atoms with Crippen LogP contribution in [0.5, 0.6) is 0 Å². The molecule has 0 aromatic rings. The van der Waals surface area contributed by atoms with Crippen LogP contribution in [0.3, 0.4) is 0 Å². The van der Waals surface area contributed by atoms with E-state index in [1.807, 2.05) is 12.2 Å². The van der Waals surface area contributed by atoms with Gasteiger partial charge in [0.25, 0.3) is 0 Å². The Hall–Kier alpha value is -1.06. The van der Waals surface area contributed by atoms with Gasteiger partial charge >= 0.3 is 0 Å². The molecule has 1 unspecified atom stereocenters. The molecule has 0 aromatic carbocycles. The van der Waals surface area contributed by atoms with Crippen molar-refractivity contribution in [3.63, 3.8) is 0 Å². The van der Waals surface area contributed by atoms with Crippen molar-refractivity contribution in [2.45, 2.75) is 26.3 Å². The predicted molar refractivity (Wildman–Crippen MR) is 60.1 cm³/mol. The number of allylic oxidation sites excluding steroid dienone is 2. The van der Waals surface area contributed by atoms with E-state index >= 15 is 0 Å². The highest BCUT2D eigenvalue weighted by Crippen LogP contribution is 2.43. The van der Waals surface area contributed by atoms with Crippen molar-refractivity contribution >= 4 is 0 Å². The Morgan fingerprint density at radius 2 is 2.21 bits per heavy atom. The highest BCUT2D eigenvalue weighted by molar-refractivity contribution is 5.44. The highest BCUT2D eigenvalue weighted by atomic mass is 15.2. The van der Waals surface area contributed by atoms with Crippen molar-refractivity contribution in [1.29, 1.82) is 0 Å². The van der Waals surface area contributed by atoms with Crippen LogP contribution in [0, 0.1) is 5.41 Å². The van der Waals surface area contributed by atoms with E-state index in [1.165, 1.54) is 5.57 Å². The zero-order valence-electron chi connectivity index (χ0n) is 8.88. The summed E-state index contributed by atoms with van der Waals surface area (Å²) in [6.07, 6.45) is 6.32. The van der Waals surface area contributed by atoms with Gasteiger partial charge in [-0.05, 0) is 35.3 Å². The van der Waals surface area contributed by atoms with Crippen molar-refractivity contribution in [3.8, 4) is 0 Å². The normalized spacial score (nSPS) is 26.1. The van der Waals surface area contributed by atoms with Crippen LogP contribution >= 0.6 is 0 Å². The molecular weight excluding hydrogens is 174 g/mol. The molecule has 0 heterocycles. The molecule has 0 bridgehead atoms. The molecule has 0 saturated carbocycles. The van der Waals surface area contributed by atoms with Gasteiger partial charge in [0.1, 0.15) is 0 Å². The number of nitrogens with two attached hydrogens (primary N) is 2. The Morgan fingerprint density at radius 3 is 2.64 bits per heavy atom. The SMILES string of the molecule is C=CC1=C(/C=C\N)C(NN)CC1(C)C. The van der Waals surface area contributed by atoms with E-state index in [9.17, 15) is 0 Å². The third-order valence-electron chi connectivity index (χ3n) is 2.81. The van der Waals surface area contributed by atoms with E-state index in [2.05, 4.69) is 25.9 Å². The number of hydrogen-bond donors (Lipinski definition) is 3. The molecule has 0 radical (unpaired) electrons. The Kier molecular flexibility index (Phi) is 3.13. The van der Waals surface area contributed by atoms with Gasteiger partial charge in [0, 0.05) is 6.04 Å². The van der Waals surface area contributed by atoms with E-state index in [1.54, 1.807) is 6.20 Å². The van der Waals surface area contributed by atoms with Crippen molar-refractivity contribution in [3.05, 3.63) is 36.1 Å². The highest BCUT2D eigenvalue weighted by Gasteiger charge is 2.35. The summed E-state index contributed by atoms with van der Waals surface area (Å²) >= 11 is 0. The molecular formula is C11H19N3. The summed E-state index contributed by atoms with van der Waals surface area (Å²) in [5.74, 6) is 5.50. The molecule has 0 amide bonds. The van der Waals surface area contributed by atoms with E-state index in [-0.39, 0.29) is 11.5 Å². The summed E-state index contributed by atoms with van der Waals surface area (Å²) in [5.41, 5.74) is 10.7. The summed E-state index contributed by atoms with van der Waals surface area (Å²) in [6, 6.07) is 0.179. The predicted octanol–water partition coefficient (Wildman–Crippen LogP) is 1.20. The smallest absolute Gasteiger partial charge is 0.0471 e. The second-order valence-electron chi connectivity index (χ2n) is 4.24. The van der Waals surface area contributed by atoms with Crippen LogP contribution in [-0.4, -0.2) is 6.04 Å². The van der Waals surface area contributed by atoms with Gasteiger partial charge in [-0.1, -0.05) is 26.5 Å². The van der Waals surface area contributed by atoms with Crippen LogP contribution in [0.1, 0.15) is 20.3 Å². The van der Waals surface area contributed by atoms with Crippen LogP contribution < -0.4 is 17.0 Å². The Morgan fingerprint density at radius 1 is 1.57 bits per heavy atom. The minimum Gasteiger partial charge on any atom is -0.405 e. The lowest BCUT2D eigenvalue weighted by atomic mass is 9.85. The van der Waals surface area contributed by atoms with Gasteiger partial charge in [-0.25, -0.2) is 0 Å². The zero-order valence-corrected chi connectivity index (χ0v) is 8.88. The summed E-state index contributed by atoms with van der Waals surface area (Å²) in [5, 5.41) is 0. The molecule has 5 N–H and O–H groups in total. The van der Waals surface area contributed by atoms with Crippen molar-refractivity contribution in [2.24, 2.45) is 17.0 Å². The molecule has 1 rings (SSSR count). The number of rotatable bonds is 3. The van der Waals surface area contributed by atoms with Crippen LogP contribution in [0.4, 0.5) is 0 Å². The van der Waals surface area contributed by atoms with Crippen LogP contribution in [0.15, 0.2) is 36.1 Å². The maximum atomic E-state index is 5.50. The lowest BCUT2D eigenvalue weighted by molar-refractivity contribution is 0.403. The first kappa shape index (κ1) is 11.0. The molecule has 3 nitrogen and oxygen atoms in total. The second kappa shape index (κ2) is 3.98. The minimum absolute atomic E-state index is 0.119. The molecule has 3 heteroatoms. The first-order valence-corrected chi connectivity index (χ1v) is 4.78. The first-order valence-electron chi connectivity index (χ1n) is 4.78. The molecule has 0 spiro atoms. The van der Waals surface area contributed by atoms with Gasteiger partial charge in [0.2, 0.25) is 0 Å². The Bertz CT molecular complexity index is 287. The van der Waals surface area contributed by atoms with Crippen LogP contribution in [0.2, 0.25) is 0 Å². The lowest BCUT2D eigenvalue weighted by Gasteiger charge is -2.20. The van der Waals surface area contributed by atoms with Gasteiger partial charge in [-0.2, -0.15) is 0 Å².